The Balaban J connectivity index is 1.74. The Kier molecular flexibility index (Phi) is 6.89. The zero-order chi connectivity index (χ0) is 22.7. The highest BCUT2D eigenvalue weighted by Crippen LogP contribution is 2.43. The van der Waals surface area contributed by atoms with Crippen molar-refractivity contribution in [2.24, 2.45) is 0 Å². The number of benzene rings is 2. The quantitative estimate of drug-likeness (QED) is 0.557. The van der Waals surface area contributed by atoms with Crippen LogP contribution in [0.25, 0.3) is 0 Å². The van der Waals surface area contributed by atoms with Gasteiger partial charge in [-0.15, -0.1) is 11.3 Å². The maximum atomic E-state index is 15.0. The first-order valence-electron chi connectivity index (χ1n) is 10.6. The molecular formula is C25H27FN2O3S. The van der Waals surface area contributed by atoms with Crippen LogP contribution in [-0.4, -0.2) is 44.2 Å². The van der Waals surface area contributed by atoms with Crippen LogP contribution in [-0.2, 0) is 4.74 Å². The predicted molar refractivity (Wildman–Crippen MR) is 125 cm³/mol. The average molecular weight is 455 g/mol. The number of hydrogen-bond donors (Lipinski definition) is 1. The molecule has 5 nitrogen and oxygen atoms in total. The summed E-state index contributed by atoms with van der Waals surface area (Å²) in [5.74, 6) is 0.237. The lowest BCUT2D eigenvalue weighted by atomic mass is 9.94. The molecule has 2 aromatic carbocycles. The second-order valence-corrected chi connectivity index (χ2v) is 9.01. The smallest absolute Gasteiger partial charge is 0.256 e. The topological polar surface area (TPSA) is 50.8 Å². The summed E-state index contributed by atoms with van der Waals surface area (Å²) in [7, 11) is 1.59. The van der Waals surface area contributed by atoms with Gasteiger partial charge >= 0.3 is 0 Å². The number of thiophene rings is 1. The van der Waals surface area contributed by atoms with E-state index < -0.39 is 0 Å². The van der Waals surface area contributed by atoms with E-state index in [-0.39, 0.29) is 17.8 Å². The summed E-state index contributed by atoms with van der Waals surface area (Å²) in [5, 5.41) is 3.84. The number of aryl methyl sites for hydroxylation is 1. The van der Waals surface area contributed by atoms with Gasteiger partial charge in [-0.1, -0.05) is 18.2 Å². The van der Waals surface area contributed by atoms with Crippen LogP contribution in [0.15, 0.2) is 48.5 Å². The van der Waals surface area contributed by atoms with Gasteiger partial charge in [0.05, 0.1) is 26.4 Å². The van der Waals surface area contributed by atoms with Crippen molar-refractivity contribution in [3.05, 3.63) is 81.5 Å². The second-order valence-electron chi connectivity index (χ2n) is 7.78. The van der Waals surface area contributed by atoms with Crippen LogP contribution in [0, 0.1) is 19.7 Å². The lowest BCUT2D eigenvalue weighted by Gasteiger charge is -2.35. The summed E-state index contributed by atoms with van der Waals surface area (Å²) in [4.78, 5) is 16.4. The molecule has 3 aromatic rings. The van der Waals surface area contributed by atoms with E-state index in [0.29, 0.717) is 43.2 Å². The summed E-state index contributed by atoms with van der Waals surface area (Å²) in [6, 6.07) is 13.6. The largest absolute Gasteiger partial charge is 0.497 e. The first kappa shape index (κ1) is 22.5. The van der Waals surface area contributed by atoms with Crippen LogP contribution in [0.4, 0.5) is 9.39 Å². The summed E-state index contributed by atoms with van der Waals surface area (Å²) >= 11 is 1.53. The molecule has 0 radical (unpaired) electrons. The normalized spacial score (nSPS) is 15.4. The van der Waals surface area contributed by atoms with Crippen LogP contribution in [0.1, 0.15) is 38.0 Å². The highest BCUT2D eigenvalue weighted by atomic mass is 32.1. The Morgan fingerprint density at radius 1 is 1.12 bits per heavy atom. The van der Waals surface area contributed by atoms with Gasteiger partial charge in [-0.25, -0.2) is 4.39 Å². The molecule has 2 heterocycles. The fraction of sp³-hybridized carbons (Fsp3) is 0.320. The molecule has 0 spiro atoms. The molecule has 4 rings (SSSR count). The van der Waals surface area contributed by atoms with E-state index in [1.807, 2.05) is 26.0 Å². The predicted octanol–water partition coefficient (Wildman–Crippen LogP) is 5.19. The van der Waals surface area contributed by atoms with Crippen molar-refractivity contribution in [1.29, 1.82) is 0 Å². The van der Waals surface area contributed by atoms with Crippen molar-refractivity contribution in [2.45, 2.75) is 19.9 Å². The van der Waals surface area contributed by atoms with Crippen molar-refractivity contribution in [3.8, 4) is 5.75 Å². The van der Waals surface area contributed by atoms with Crippen LogP contribution < -0.4 is 10.1 Å². The van der Waals surface area contributed by atoms with Gasteiger partial charge in [0.2, 0.25) is 0 Å². The number of nitrogens with one attached hydrogen (secondary N) is 1. The lowest BCUT2D eigenvalue weighted by Crippen LogP contribution is -2.40. The molecule has 1 aliphatic rings. The summed E-state index contributed by atoms with van der Waals surface area (Å²) in [5.41, 5.74) is 3.16. The number of morpholine rings is 1. The standard InChI is InChI=1S/C25H27FN2O3S/c1-16-17(2)32-25(27-24(29)18-8-10-19(30-3)11-9-18)22(16)23(28-12-14-31-15-13-28)20-6-4-5-7-21(20)26/h4-11,23H,12-15H2,1-3H3,(H,27,29). The number of halogens is 1. The van der Waals surface area contributed by atoms with E-state index in [1.165, 1.54) is 17.4 Å². The van der Waals surface area contributed by atoms with Crippen LogP contribution >= 0.6 is 11.3 Å². The van der Waals surface area contributed by atoms with Gasteiger partial charge in [-0.05, 0) is 49.7 Å². The Labute approximate surface area is 191 Å². The molecule has 168 valence electrons. The van der Waals surface area contributed by atoms with E-state index in [0.717, 1.165) is 21.0 Å². The molecule has 1 fully saturated rings. The van der Waals surface area contributed by atoms with Crippen molar-refractivity contribution in [3.63, 3.8) is 0 Å². The number of amides is 1. The molecule has 1 N–H and O–H groups in total. The molecule has 0 saturated carbocycles. The van der Waals surface area contributed by atoms with E-state index >= 15 is 0 Å². The molecule has 1 amide bonds. The minimum absolute atomic E-state index is 0.204. The van der Waals surface area contributed by atoms with Crippen LogP contribution in [0.3, 0.4) is 0 Å². The second kappa shape index (κ2) is 9.81. The Morgan fingerprint density at radius 3 is 2.47 bits per heavy atom. The number of rotatable bonds is 6. The maximum absolute atomic E-state index is 15.0. The Hall–Kier alpha value is -2.74. The number of hydrogen-bond acceptors (Lipinski definition) is 5. The van der Waals surface area contributed by atoms with E-state index in [9.17, 15) is 9.18 Å². The minimum Gasteiger partial charge on any atom is -0.497 e. The SMILES string of the molecule is COc1ccc(C(=O)Nc2sc(C)c(C)c2C(c2ccccc2F)N2CCOCC2)cc1. The van der Waals surface area contributed by atoms with Gasteiger partial charge in [-0.2, -0.15) is 0 Å². The number of methoxy groups -OCH3 is 1. The van der Waals surface area contributed by atoms with Gasteiger partial charge in [0.1, 0.15) is 16.6 Å². The van der Waals surface area contributed by atoms with E-state index in [4.69, 9.17) is 9.47 Å². The number of nitrogens with zero attached hydrogens (tertiary/aromatic N) is 1. The van der Waals surface area contributed by atoms with Crippen LogP contribution in [0.5, 0.6) is 5.75 Å². The number of carbonyl (C=O) groups excluding carboxylic acids is 1. The molecule has 1 saturated heterocycles. The third-order valence-corrected chi connectivity index (χ3v) is 7.03. The number of ether oxygens (including phenoxy) is 2. The van der Waals surface area contributed by atoms with Gasteiger partial charge in [0.15, 0.2) is 0 Å². The van der Waals surface area contributed by atoms with E-state index in [2.05, 4.69) is 10.2 Å². The summed E-state index contributed by atoms with van der Waals surface area (Å²) in [6.45, 7) is 6.66. The molecular weight excluding hydrogens is 427 g/mol. The van der Waals surface area contributed by atoms with Crippen molar-refractivity contribution >= 4 is 22.2 Å². The van der Waals surface area contributed by atoms with Crippen molar-refractivity contribution < 1.29 is 18.7 Å². The molecule has 0 bridgehead atoms. The first-order valence-corrected chi connectivity index (χ1v) is 11.4. The van der Waals surface area contributed by atoms with Gasteiger partial charge in [0, 0.05) is 34.7 Å². The average Bonchev–Trinajstić information content (AvgIpc) is 3.09. The summed E-state index contributed by atoms with van der Waals surface area (Å²) < 4.78 is 25.7. The van der Waals surface area contributed by atoms with Gasteiger partial charge in [0.25, 0.3) is 5.91 Å². The molecule has 1 unspecified atom stereocenters. The van der Waals surface area contributed by atoms with Gasteiger partial charge < -0.3 is 14.8 Å². The molecule has 1 aliphatic heterocycles. The minimum atomic E-state index is -0.309. The number of anilines is 1. The Bertz CT molecular complexity index is 1090. The highest BCUT2D eigenvalue weighted by Gasteiger charge is 2.32. The van der Waals surface area contributed by atoms with Gasteiger partial charge in [-0.3, -0.25) is 9.69 Å². The zero-order valence-electron chi connectivity index (χ0n) is 18.5. The zero-order valence-corrected chi connectivity index (χ0v) is 19.3. The molecule has 32 heavy (non-hydrogen) atoms. The van der Waals surface area contributed by atoms with Crippen LogP contribution in [0.2, 0.25) is 0 Å². The number of carbonyl (C=O) groups is 1. The highest BCUT2D eigenvalue weighted by molar-refractivity contribution is 7.16. The maximum Gasteiger partial charge on any atom is 0.256 e. The molecule has 0 aliphatic carbocycles. The third kappa shape index (κ3) is 4.55. The fourth-order valence-corrected chi connectivity index (χ4v) is 5.14. The van der Waals surface area contributed by atoms with Crippen molar-refractivity contribution in [2.75, 3.05) is 38.7 Å². The fourth-order valence-electron chi connectivity index (χ4n) is 4.05. The first-order chi connectivity index (χ1) is 15.5. The summed E-state index contributed by atoms with van der Waals surface area (Å²) in [6.07, 6.45) is 0. The van der Waals surface area contributed by atoms with Crippen molar-refractivity contribution in [1.82, 2.24) is 4.90 Å². The Morgan fingerprint density at radius 2 is 1.81 bits per heavy atom. The monoisotopic (exact) mass is 454 g/mol. The third-order valence-electron chi connectivity index (χ3n) is 5.90. The molecule has 7 heteroatoms. The molecule has 1 aromatic heterocycles. The van der Waals surface area contributed by atoms with E-state index in [1.54, 1.807) is 37.4 Å². The lowest BCUT2D eigenvalue weighted by molar-refractivity contribution is 0.0234. The molecule has 1 atom stereocenters.